The summed E-state index contributed by atoms with van der Waals surface area (Å²) in [6, 6.07) is -0.0440. The summed E-state index contributed by atoms with van der Waals surface area (Å²) in [5.74, 6) is 0. The molecule has 0 heterocycles. The van der Waals surface area contributed by atoms with Crippen molar-refractivity contribution in [1.82, 2.24) is 5.32 Å². The second kappa shape index (κ2) is 3.81. The van der Waals surface area contributed by atoms with E-state index in [1.807, 2.05) is 6.92 Å². The van der Waals surface area contributed by atoms with E-state index in [0.717, 1.165) is 6.42 Å². The molecule has 0 spiro atoms. The molecule has 0 aromatic carbocycles. The van der Waals surface area contributed by atoms with E-state index in [0.29, 0.717) is 6.41 Å². The standard InChI is InChI=1S/C5H9NO/c1-3-5(2)6-4-7/h4-5H,2-3H2,1H3/q+1. The summed E-state index contributed by atoms with van der Waals surface area (Å²) < 4.78 is 0. The maximum Gasteiger partial charge on any atom is 0.409 e. The lowest BCUT2D eigenvalue weighted by Crippen LogP contribution is -2.15. The molecule has 0 aliphatic heterocycles. The first kappa shape index (κ1) is 6.63. The van der Waals surface area contributed by atoms with E-state index < -0.39 is 0 Å². The van der Waals surface area contributed by atoms with Crippen molar-refractivity contribution in [2.24, 2.45) is 0 Å². The summed E-state index contributed by atoms with van der Waals surface area (Å²) in [4.78, 5) is 9.57. The van der Waals surface area contributed by atoms with Crippen molar-refractivity contribution in [1.29, 1.82) is 0 Å². The minimum Gasteiger partial charge on any atom is -0.222 e. The van der Waals surface area contributed by atoms with Gasteiger partial charge in [-0.25, -0.2) is 4.79 Å². The van der Waals surface area contributed by atoms with Gasteiger partial charge in [0.05, 0.1) is 0 Å². The largest absolute Gasteiger partial charge is 0.409 e. The Balaban J connectivity index is 2.98. The summed E-state index contributed by atoms with van der Waals surface area (Å²) in [6.07, 6.45) is 1.37. The Labute approximate surface area is 43.9 Å². The normalized spacial score (nSPS) is 13.4. The first-order valence-corrected chi connectivity index (χ1v) is 2.28. The van der Waals surface area contributed by atoms with E-state index in [4.69, 9.17) is 0 Å². The topological polar surface area (TPSA) is 31.2 Å². The van der Waals surface area contributed by atoms with E-state index in [2.05, 4.69) is 12.2 Å². The van der Waals surface area contributed by atoms with E-state index >= 15 is 0 Å². The molecule has 0 bridgehead atoms. The van der Waals surface area contributed by atoms with Crippen molar-refractivity contribution >= 4 is 6.41 Å². The Bertz CT molecular complexity index is 54.0. The van der Waals surface area contributed by atoms with Crippen LogP contribution in [0, 0.1) is 6.92 Å². The van der Waals surface area contributed by atoms with Gasteiger partial charge in [-0.2, -0.15) is 0 Å². The molecule has 0 aromatic rings. The number of hydrogen-bond donors (Lipinski definition) is 0. The zero-order valence-corrected chi connectivity index (χ0v) is 4.42. The van der Waals surface area contributed by atoms with Gasteiger partial charge in [0.15, 0.2) is 0 Å². The van der Waals surface area contributed by atoms with Crippen molar-refractivity contribution in [2.75, 3.05) is 0 Å². The summed E-state index contributed by atoms with van der Waals surface area (Å²) in [5.41, 5.74) is 0. The molecule has 1 amide bonds. The molecule has 0 aliphatic rings. The zero-order valence-electron chi connectivity index (χ0n) is 4.42. The summed E-state index contributed by atoms with van der Waals surface area (Å²) >= 11 is 0. The molecule has 2 nitrogen and oxygen atoms in total. The van der Waals surface area contributed by atoms with Gasteiger partial charge < -0.3 is 0 Å². The third kappa shape index (κ3) is 3.46. The fourth-order valence-corrected chi connectivity index (χ4v) is 0.191. The highest BCUT2D eigenvalue weighted by Crippen LogP contribution is 1.84. The smallest absolute Gasteiger partial charge is 0.222 e. The maximum absolute atomic E-state index is 9.57. The predicted octanol–water partition coefficient (Wildman–Crippen LogP) is 0.360. The third-order valence-corrected chi connectivity index (χ3v) is 0.743. The van der Waals surface area contributed by atoms with Crippen LogP contribution in [-0.4, -0.2) is 12.5 Å². The van der Waals surface area contributed by atoms with Crippen LogP contribution in [0.2, 0.25) is 0 Å². The molecule has 39 valence electrons. The van der Waals surface area contributed by atoms with Gasteiger partial charge in [-0.05, 0) is 0 Å². The molecular formula is C5H9NO+. The first-order chi connectivity index (χ1) is 3.31. The zero-order chi connectivity index (χ0) is 5.70. The van der Waals surface area contributed by atoms with Crippen LogP contribution in [0.4, 0.5) is 0 Å². The predicted molar refractivity (Wildman–Crippen MR) is 27.6 cm³/mol. The molecule has 0 fully saturated rings. The SMILES string of the molecule is [CH2]C(CC)[N+]C=O. The Morgan fingerprint density at radius 3 is 2.71 bits per heavy atom. The van der Waals surface area contributed by atoms with Crippen LogP contribution in [-0.2, 0) is 4.79 Å². The maximum atomic E-state index is 9.57. The van der Waals surface area contributed by atoms with Crippen molar-refractivity contribution < 1.29 is 4.79 Å². The number of carbonyl (C=O) groups excluding carboxylic acids is 1. The van der Waals surface area contributed by atoms with Gasteiger partial charge in [0.2, 0.25) is 6.04 Å². The van der Waals surface area contributed by atoms with Crippen LogP contribution in [0.3, 0.4) is 0 Å². The van der Waals surface area contributed by atoms with Crippen LogP contribution in [0.1, 0.15) is 13.3 Å². The van der Waals surface area contributed by atoms with Crippen LogP contribution in [0.25, 0.3) is 0 Å². The van der Waals surface area contributed by atoms with Crippen molar-refractivity contribution in [2.45, 2.75) is 19.4 Å². The van der Waals surface area contributed by atoms with E-state index in [9.17, 15) is 4.79 Å². The highest BCUT2D eigenvalue weighted by atomic mass is 16.1. The molecule has 2 heteroatoms. The quantitative estimate of drug-likeness (QED) is 0.470. The molecule has 0 saturated heterocycles. The highest BCUT2D eigenvalue weighted by Gasteiger charge is 2.09. The molecule has 1 atom stereocenters. The van der Waals surface area contributed by atoms with Gasteiger partial charge in [0.1, 0.15) is 5.32 Å². The number of carbonyl (C=O) groups is 1. The van der Waals surface area contributed by atoms with E-state index in [1.54, 1.807) is 0 Å². The van der Waals surface area contributed by atoms with Gasteiger partial charge in [-0.15, -0.1) is 0 Å². The molecule has 0 saturated carbocycles. The van der Waals surface area contributed by atoms with Crippen LogP contribution < -0.4 is 5.32 Å². The molecule has 0 rings (SSSR count). The lowest BCUT2D eigenvalue weighted by Gasteiger charge is -1.82. The summed E-state index contributed by atoms with van der Waals surface area (Å²) in [5, 5.41) is 3.45. The highest BCUT2D eigenvalue weighted by molar-refractivity contribution is 5.46. The average molecular weight is 99.1 g/mol. The van der Waals surface area contributed by atoms with E-state index in [-0.39, 0.29) is 6.04 Å². The number of rotatable bonds is 3. The summed E-state index contributed by atoms with van der Waals surface area (Å²) in [6.45, 7) is 5.48. The number of nitrogens with zero attached hydrogens (tertiary/aromatic N) is 1. The molecule has 0 N–H and O–H groups in total. The molecule has 0 aromatic heterocycles. The van der Waals surface area contributed by atoms with Crippen LogP contribution >= 0.6 is 0 Å². The average Bonchev–Trinajstić information content (AvgIpc) is 1.68. The third-order valence-electron chi connectivity index (χ3n) is 0.743. The number of amides is 1. The van der Waals surface area contributed by atoms with Crippen molar-refractivity contribution in [3.8, 4) is 0 Å². The van der Waals surface area contributed by atoms with Crippen LogP contribution in [0.15, 0.2) is 0 Å². The minimum atomic E-state index is -0.0440. The minimum absolute atomic E-state index is 0.0440. The van der Waals surface area contributed by atoms with Gasteiger partial charge >= 0.3 is 6.41 Å². The lowest BCUT2D eigenvalue weighted by atomic mass is 10.3. The molecular weight excluding hydrogens is 90.1 g/mol. The fraction of sp³-hybridized carbons (Fsp3) is 0.600. The summed E-state index contributed by atoms with van der Waals surface area (Å²) in [7, 11) is 0. The van der Waals surface area contributed by atoms with Crippen molar-refractivity contribution in [3.63, 3.8) is 0 Å². The first-order valence-electron chi connectivity index (χ1n) is 2.28. The Hall–Kier alpha value is -0.370. The Morgan fingerprint density at radius 1 is 2.00 bits per heavy atom. The fourth-order valence-electron chi connectivity index (χ4n) is 0.191. The van der Waals surface area contributed by atoms with Gasteiger partial charge in [0.25, 0.3) is 0 Å². The second-order valence-electron chi connectivity index (χ2n) is 1.32. The second-order valence-corrected chi connectivity index (χ2v) is 1.32. The van der Waals surface area contributed by atoms with Gasteiger partial charge in [-0.1, -0.05) is 6.92 Å². The van der Waals surface area contributed by atoms with Crippen LogP contribution in [0.5, 0.6) is 0 Å². The van der Waals surface area contributed by atoms with Gasteiger partial charge in [0, 0.05) is 13.3 Å². The Morgan fingerprint density at radius 2 is 2.57 bits per heavy atom. The molecule has 7 heavy (non-hydrogen) atoms. The molecule has 1 unspecified atom stereocenters. The van der Waals surface area contributed by atoms with Crippen molar-refractivity contribution in [3.05, 3.63) is 6.92 Å². The molecule has 0 aliphatic carbocycles. The molecule has 3 radical (unpaired) electrons. The van der Waals surface area contributed by atoms with E-state index in [1.165, 1.54) is 0 Å². The number of hydrogen-bond acceptors (Lipinski definition) is 1. The monoisotopic (exact) mass is 99.1 g/mol. The van der Waals surface area contributed by atoms with Gasteiger partial charge in [-0.3, -0.25) is 0 Å². The lowest BCUT2D eigenvalue weighted by molar-refractivity contribution is -0.110. The Kier molecular flexibility index (Phi) is 3.61.